The van der Waals surface area contributed by atoms with Gasteiger partial charge in [-0.3, -0.25) is 9.36 Å². The lowest BCUT2D eigenvalue weighted by atomic mass is 9.99. The highest BCUT2D eigenvalue weighted by Crippen LogP contribution is 2.26. The molecule has 10 heteroatoms. The fraction of sp³-hybridized carbons (Fsp3) is 0.526. The van der Waals surface area contributed by atoms with E-state index in [0.717, 1.165) is 16.7 Å². The van der Waals surface area contributed by atoms with E-state index in [-0.39, 0.29) is 24.1 Å². The number of amides is 1. The van der Waals surface area contributed by atoms with E-state index < -0.39 is 10.0 Å². The third kappa shape index (κ3) is 5.33. The maximum absolute atomic E-state index is 12.5. The molecule has 0 radical (unpaired) electrons. The molecule has 3 rings (SSSR count). The molecule has 2 aromatic rings. The number of piperidine rings is 1. The largest absolute Gasteiger partial charge is 0.354 e. The molecule has 1 fully saturated rings. The van der Waals surface area contributed by atoms with E-state index in [1.807, 2.05) is 30.3 Å². The number of nitrogens with one attached hydrogen (secondary N) is 1. The lowest BCUT2D eigenvalue weighted by Crippen LogP contribution is -2.39. The molecule has 1 amide bonds. The Morgan fingerprint density at radius 2 is 2.00 bits per heavy atom. The van der Waals surface area contributed by atoms with E-state index in [4.69, 9.17) is 0 Å². The monoisotopic (exact) mass is 421 g/mol. The van der Waals surface area contributed by atoms with Gasteiger partial charge in [-0.15, -0.1) is 0 Å². The summed E-state index contributed by atoms with van der Waals surface area (Å²) < 4.78 is 27.7. The minimum Gasteiger partial charge on any atom is -0.354 e. The molecular formula is C19H27N5O4S. The Morgan fingerprint density at radius 3 is 2.69 bits per heavy atom. The lowest BCUT2D eigenvalue weighted by Gasteiger charge is -2.30. The predicted octanol–water partition coefficient (Wildman–Crippen LogP) is 0.0797. The fourth-order valence-corrected chi connectivity index (χ4v) is 4.51. The summed E-state index contributed by atoms with van der Waals surface area (Å²) in [5, 5.41) is 7.15. The van der Waals surface area contributed by atoms with Crippen LogP contribution in [0.3, 0.4) is 0 Å². The first-order valence-corrected chi connectivity index (χ1v) is 11.5. The topological polar surface area (TPSA) is 106 Å². The average molecular weight is 422 g/mol. The Labute approximate surface area is 170 Å². The van der Waals surface area contributed by atoms with Crippen molar-refractivity contribution in [3.8, 4) is 0 Å². The zero-order valence-corrected chi connectivity index (χ0v) is 17.6. The minimum absolute atomic E-state index is 0.163. The standard InChI is InChI=1S/C19H27N5O4S/c1-22-18(16-9-6-12-23(13-16)29(2,27)28)21-24(19(22)26)14-17(25)20-11-10-15-7-4-3-5-8-15/h3-5,7-8,16H,6,9-14H2,1-2H3,(H,20,25)/t16-/m1/s1. The number of hydrogen-bond donors (Lipinski definition) is 1. The number of carbonyl (C=O) groups excluding carboxylic acids is 1. The molecule has 29 heavy (non-hydrogen) atoms. The maximum atomic E-state index is 12.5. The Balaban J connectivity index is 1.62. The summed E-state index contributed by atoms with van der Waals surface area (Å²) in [5.74, 6) is 0.0630. The van der Waals surface area contributed by atoms with Crippen LogP contribution in [0.2, 0.25) is 0 Å². The summed E-state index contributed by atoms with van der Waals surface area (Å²) in [6, 6.07) is 9.82. The van der Waals surface area contributed by atoms with E-state index in [2.05, 4.69) is 10.4 Å². The van der Waals surface area contributed by atoms with Crippen molar-refractivity contribution in [3.63, 3.8) is 0 Å². The van der Waals surface area contributed by atoms with Gasteiger partial charge in [0.1, 0.15) is 12.4 Å². The van der Waals surface area contributed by atoms with Gasteiger partial charge in [0.2, 0.25) is 15.9 Å². The molecule has 0 saturated carbocycles. The summed E-state index contributed by atoms with van der Waals surface area (Å²) >= 11 is 0. The van der Waals surface area contributed by atoms with Crippen molar-refractivity contribution >= 4 is 15.9 Å². The highest BCUT2D eigenvalue weighted by Gasteiger charge is 2.30. The second-order valence-corrected chi connectivity index (χ2v) is 9.39. The average Bonchev–Trinajstić information content (AvgIpc) is 2.97. The van der Waals surface area contributed by atoms with Crippen molar-refractivity contribution in [2.75, 3.05) is 25.9 Å². The zero-order chi connectivity index (χ0) is 21.0. The number of sulfonamides is 1. The van der Waals surface area contributed by atoms with Gasteiger partial charge < -0.3 is 5.32 Å². The molecular weight excluding hydrogens is 394 g/mol. The van der Waals surface area contributed by atoms with Crippen LogP contribution in [0.25, 0.3) is 0 Å². The second kappa shape index (κ2) is 8.91. The molecule has 0 aliphatic carbocycles. The third-order valence-corrected chi connectivity index (χ3v) is 6.43. The summed E-state index contributed by atoms with van der Waals surface area (Å²) in [5.41, 5.74) is 0.743. The fourth-order valence-electron chi connectivity index (χ4n) is 3.60. The Kier molecular flexibility index (Phi) is 6.53. The van der Waals surface area contributed by atoms with Crippen molar-refractivity contribution in [2.24, 2.45) is 7.05 Å². The number of rotatable bonds is 7. The highest BCUT2D eigenvalue weighted by atomic mass is 32.2. The summed E-state index contributed by atoms with van der Waals surface area (Å²) in [6.07, 6.45) is 3.35. The van der Waals surface area contributed by atoms with E-state index in [1.165, 1.54) is 15.1 Å². The van der Waals surface area contributed by atoms with Crippen LogP contribution in [0.15, 0.2) is 35.1 Å². The molecule has 1 atom stereocenters. The molecule has 1 aliphatic rings. The van der Waals surface area contributed by atoms with Crippen molar-refractivity contribution < 1.29 is 13.2 Å². The van der Waals surface area contributed by atoms with Gasteiger partial charge in [0.25, 0.3) is 0 Å². The Hall–Kier alpha value is -2.46. The van der Waals surface area contributed by atoms with Crippen LogP contribution in [0, 0.1) is 0 Å². The van der Waals surface area contributed by atoms with Crippen LogP contribution in [0.4, 0.5) is 0 Å². The minimum atomic E-state index is -3.29. The van der Waals surface area contributed by atoms with E-state index in [1.54, 1.807) is 7.05 Å². The van der Waals surface area contributed by atoms with Crippen LogP contribution >= 0.6 is 0 Å². The van der Waals surface area contributed by atoms with Crippen LogP contribution in [-0.4, -0.2) is 58.9 Å². The summed E-state index contributed by atoms with van der Waals surface area (Å²) in [6.45, 7) is 1.09. The zero-order valence-electron chi connectivity index (χ0n) is 16.7. The van der Waals surface area contributed by atoms with E-state index in [0.29, 0.717) is 38.3 Å². The Bertz CT molecular complexity index is 1010. The number of aromatic nitrogens is 3. The van der Waals surface area contributed by atoms with Crippen LogP contribution in [-0.2, 0) is 34.8 Å². The van der Waals surface area contributed by atoms with Crippen molar-refractivity contribution in [3.05, 3.63) is 52.2 Å². The normalized spacial score (nSPS) is 17.9. The maximum Gasteiger partial charge on any atom is 0.346 e. The number of hydrogen-bond acceptors (Lipinski definition) is 5. The van der Waals surface area contributed by atoms with Crippen molar-refractivity contribution in [1.29, 1.82) is 0 Å². The molecule has 1 aromatic carbocycles. The smallest absolute Gasteiger partial charge is 0.346 e. The molecule has 2 heterocycles. The summed E-state index contributed by atoms with van der Waals surface area (Å²) in [7, 11) is -1.68. The van der Waals surface area contributed by atoms with Crippen LogP contribution in [0.5, 0.6) is 0 Å². The lowest BCUT2D eigenvalue weighted by molar-refractivity contribution is -0.121. The molecule has 1 aliphatic heterocycles. The number of benzene rings is 1. The molecule has 158 valence electrons. The number of nitrogens with zero attached hydrogens (tertiary/aromatic N) is 4. The molecule has 1 N–H and O–H groups in total. The van der Waals surface area contributed by atoms with Crippen LogP contribution < -0.4 is 11.0 Å². The van der Waals surface area contributed by atoms with Gasteiger partial charge in [-0.05, 0) is 24.8 Å². The molecule has 0 bridgehead atoms. The van der Waals surface area contributed by atoms with Gasteiger partial charge in [0, 0.05) is 32.6 Å². The van der Waals surface area contributed by atoms with Crippen LogP contribution in [0.1, 0.15) is 30.1 Å². The predicted molar refractivity (Wildman–Crippen MR) is 109 cm³/mol. The van der Waals surface area contributed by atoms with Gasteiger partial charge in [-0.1, -0.05) is 30.3 Å². The van der Waals surface area contributed by atoms with Gasteiger partial charge in [0.05, 0.1) is 6.26 Å². The van der Waals surface area contributed by atoms with Gasteiger partial charge in [-0.25, -0.2) is 22.2 Å². The van der Waals surface area contributed by atoms with E-state index in [9.17, 15) is 18.0 Å². The highest BCUT2D eigenvalue weighted by molar-refractivity contribution is 7.88. The molecule has 1 saturated heterocycles. The molecule has 1 aromatic heterocycles. The molecule has 0 unspecified atom stereocenters. The van der Waals surface area contributed by atoms with Crippen molar-refractivity contribution in [1.82, 2.24) is 24.0 Å². The second-order valence-electron chi connectivity index (χ2n) is 7.40. The first-order valence-electron chi connectivity index (χ1n) is 9.65. The first-order chi connectivity index (χ1) is 13.8. The van der Waals surface area contributed by atoms with Gasteiger partial charge in [-0.2, -0.15) is 5.10 Å². The van der Waals surface area contributed by atoms with Gasteiger partial charge in [0.15, 0.2) is 0 Å². The van der Waals surface area contributed by atoms with Crippen molar-refractivity contribution in [2.45, 2.75) is 31.7 Å². The quantitative estimate of drug-likeness (QED) is 0.681. The molecule has 0 spiro atoms. The SMILES string of the molecule is Cn1c([C@@H]2CCCN(S(C)(=O)=O)C2)nn(CC(=O)NCCc2ccccc2)c1=O. The Morgan fingerprint density at radius 1 is 1.28 bits per heavy atom. The third-order valence-electron chi connectivity index (χ3n) is 5.16. The number of carbonyl (C=O) groups is 1. The molecule has 9 nitrogen and oxygen atoms in total. The first kappa shape index (κ1) is 21.3. The van der Waals surface area contributed by atoms with Gasteiger partial charge >= 0.3 is 5.69 Å². The van der Waals surface area contributed by atoms with E-state index >= 15 is 0 Å². The summed E-state index contributed by atoms with van der Waals surface area (Å²) in [4.78, 5) is 24.7.